The summed E-state index contributed by atoms with van der Waals surface area (Å²) in [6, 6.07) is -0.925. The Hall–Kier alpha value is -2.49. The van der Waals surface area contributed by atoms with Gasteiger partial charge in [-0.15, -0.1) is 5.10 Å². The van der Waals surface area contributed by atoms with Crippen molar-refractivity contribution in [1.82, 2.24) is 20.3 Å². The van der Waals surface area contributed by atoms with E-state index in [1.54, 1.807) is 0 Å². The molecule has 10 nitrogen and oxygen atoms in total. The molecule has 0 saturated heterocycles. The zero-order valence-corrected chi connectivity index (χ0v) is 11.0. The van der Waals surface area contributed by atoms with Crippen LogP contribution in [0, 0.1) is 0 Å². The van der Waals surface area contributed by atoms with E-state index in [-0.39, 0.29) is 25.2 Å². The highest BCUT2D eigenvalue weighted by molar-refractivity contribution is 5.93. The highest BCUT2D eigenvalue weighted by Crippen LogP contribution is 2.08. The Morgan fingerprint density at radius 1 is 1.40 bits per heavy atom. The first-order chi connectivity index (χ1) is 9.49. The molecule has 1 aromatic heterocycles. The molecule has 1 aromatic rings. The summed E-state index contributed by atoms with van der Waals surface area (Å²) in [6.07, 6.45) is 0.319. The summed E-state index contributed by atoms with van der Waals surface area (Å²) in [4.78, 5) is 33.3. The minimum Gasteiger partial charge on any atom is -0.464 e. The Balaban J connectivity index is 2.79. The van der Waals surface area contributed by atoms with Crippen LogP contribution in [-0.2, 0) is 22.5 Å². The maximum atomic E-state index is 11.5. The molecule has 0 aliphatic carbocycles. The number of nitrogens with two attached hydrogens (primary N) is 2. The van der Waals surface area contributed by atoms with Crippen LogP contribution < -0.4 is 16.8 Å². The fourth-order valence-corrected chi connectivity index (χ4v) is 1.56. The highest BCUT2D eigenvalue weighted by atomic mass is 16.5. The summed E-state index contributed by atoms with van der Waals surface area (Å²) in [5.74, 6) is -1.17. The summed E-state index contributed by atoms with van der Waals surface area (Å²) >= 11 is 0. The van der Waals surface area contributed by atoms with Gasteiger partial charge in [-0.05, 0) is 6.54 Å². The largest absolute Gasteiger partial charge is 0.464 e. The number of esters is 1. The first-order valence-electron chi connectivity index (χ1n) is 5.79. The number of ether oxygens (including phenoxy) is 1. The molecule has 20 heavy (non-hydrogen) atoms. The van der Waals surface area contributed by atoms with E-state index in [2.05, 4.69) is 15.0 Å². The molecule has 5 N–H and O–H groups in total. The van der Waals surface area contributed by atoms with Gasteiger partial charge >= 0.3 is 12.0 Å². The molecule has 10 heteroatoms. The fourth-order valence-electron chi connectivity index (χ4n) is 1.56. The lowest BCUT2D eigenvalue weighted by atomic mass is 10.2. The van der Waals surface area contributed by atoms with Crippen LogP contribution in [0.4, 0.5) is 4.79 Å². The van der Waals surface area contributed by atoms with Crippen molar-refractivity contribution in [3.8, 4) is 0 Å². The number of rotatable bonds is 6. The number of aryl methyl sites for hydroxylation is 1. The topological polar surface area (TPSA) is 155 Å². The average molecular weight is 284 g/mol. The van der Waals surface area contributed by atoms with Crippen molar-refractivity contribution in [1.29, 1.82) is 0 Å². The standard InChI is InChI=1S/C10H16N6O4/c1-20-9(18)8-6(2-4-11)16(15-14-8)5-3-7(17)13-10(12)19/h2-5,11H2,1H3,(H3,12,13,17,19). The van der Waals surface area contributed by atoms with Gasteiger partial charge in [0.1, 0.15) is 0 Å². The predicted octanol–water partition coefficient (Wildman–Crippen LogP) is -1.85. The van der Waals surface area contributed by atoms with Gasteiger partial charge in [0.25, 0.3) is 0 Å². The molecule has 0 radical (unpaired) electrons. The number of carbonyl (C=O) groups excluding carboxylic acids is 3. The lowest BCUT2D eigenvalue weighted by Crippen LogP contribution is -2.35. The number of hydrogen-bond acceptors (Lipinski definition) is 7. The van der Waals surface area contributed by atoms with E-state index < -0.39 is 17.9 Å². The quantitative estimate of drug-likeness (QED) is 0.518. The second-order valence-corrected chi connectivity index (χ2v) is 3.80. The molecule has 110 valence electrons. The summed E-state index contributed by atoms with van der Waals surface area (Å²) in [6.45, 7) is 0.420. The molecule has 0 spiro atoms. The molecule has 1 rings (SSSR count). The Kier molecular flexibility index (Phi) is 5.59. The van der Waals surface area contributed by atoms with Crippen molar-refractivity contribution >= 4 is 17.9 Å². The van der Waals surface area contributed by atoms with Crippen molar-refractivity contribution in [2.24, 2.45) is 11.5 Å². The molecule has 0 fully saturated rings. The molecule has 3 amide bonds. The normalized spacial score (nSPS) is 10.1. The monoisotopic (exact) mass is 284 g/mol. The number of carbonyl (C=O) groups is 3. The van der Waals surface area contributed by atoms with E-state index in [0.29, 0.717) is 12.1 Å². The van der Waals surface area contributed by atoms with Crippen LogP contribution >= 0.6 is 0 Å². The number of aromatic nitrogens is 3. The molecule has 0 saturated carbocycles. The Bertz CT molecular complexity index is 512. The summed E-state index contributed by atoms with van der Waals surface area (Å²) in [7, 11) is 1.23. The Morgan fingerprint density at radius 2 is 2.10 bits per heavy atom. The third-order valence-electron chi connectivity index (χ3n) is 2.41. The zero-order valence-electron chi connectivity index (χ0n) is 11.0. The minimum absolute atomic E-state index is 0.0372. The van der Waals surface area contributed by atoms with E-state index in [4.69, 9.17) is 11.5 Å². The van der Waals surface area contributed by atoms with Crippen molar-refractivity contribution in [2.75, 3.05) is 13.7 Å². The number of amides is 3. The van der Waals surface area contributed by atoms with Gasteiger partial charge in [-0.2, -0.15) is 0 Å². The van der Waals surface area contributed by atoms with E-state index in [0.717, 1.165) is 0 Å². The summed E-state index contributed by atoms with van der Waals surface area (Å²) < 4.78 is 5.95. The van der Waals surface area contributed by atoms with E-state index in [1.807, 2.05) is 5.32 Å². The zero-order chi connectivity index (χ0) is 15.1. The molecule has 0 atom stereocenters. The highest BCUT2D eigenvalue weighted by Gasteiger charge is 2.20. The molecule has 1 heterocycles. The van der Waals surface area contributed by atoms with Gasteiger partial charge in [0.2, 0.25) is 5.91 Å². The third kappa shape index (κ3) is 4.02. The third-order valence-corrected chi connectivity index (χ3v) is 2.41. The summed E-state index contributed by atoms with van der Waals surface area (Å²) in [5.41, 5.74) is 10.8. The van der Waals surface area contributed by atoms with Gasteiger partial charge in [0.15, 0.2) is 5.69 Å². The Morgan fingerprint density at radius 3 is 2.65 bits per heavy atom. The number of nitrogens with one attached hydrogen (secondary N) is 1. The first kappa shape index (κ1) is 15.6. The maximum Gasteiger partial charge on any atom is 0.360 e. The molecule has 0 aliphatic heterocycles. The van der Waals surface area contributed by atoms with Gasteiger partial charge in [0.05, 0.1) is 19.3 Å². The lowest BCUT2D eigenvalue weighted by Gasteiger charge is -2.06. The number of urea groups is 1. The number of imide groups is 1. The number of hydrogen-bond donors (Lipinski definition) is 3. The van der Waals surface area contributed by atoms with Gasteiger partial charge in [0, 0.05) is 12.8 Å². The van der Waals surface area contributed by atoms with Crippen LogP contribution in [0.25, 0.3) is 0 Å². The van der Waals surface area contributed by atoms with Gasteiger partial charge in [-0.25, -0.2) is 14.3 Å². The minimum atomic E-state index is -0.925. The van der Waals surface area contributed by atoms with Crippen LogP contribution in [0.15, 0.2) is 0 Å². The molecule has 0 aliphatic rings. The van der Waals surface area contributed by atoms with Crippen LogP contribution in [0.1, 0.15) is 22.6 Å². The predicted molar refractivity (Wildman–Crippen MR) is 66.5 cm³/mol. The maximum absolute atomic E-state index is 11.5. The van der Waals surface area contributed by atoms with Crippen LogP contribution in [0.3, 0.4) is 0 Å². The van der Waals surface area contributed by atoms with Crippen molar-refractivity contribution < 1.29 is 19.1 Å². The molecular weight excluding hydrogens is 268 g/mol. The van der Waals surface area contributed by atoms with Crippen LogP contribution in [0.5, 0.6) is 0 Å². The molecule has 0 bridgehead atoms. The molecule has 0 aromatic carbocycles. The van der Waals surface area contributed by atoms with E-state index >= 15 is 0 Å². The van der Waals surface area contributed by atoms with Crippen molar-refractivity contribution in [3.05, 3.63) is 11.4 Å². The van der Waals surface area contributed by atoms with E-state index in [9.17, 15) is 14.4 Å². The van der Waals surface area contributed by atoms with Gasteiger partial charge < -0.3 is 16.2 Å². The van der Waals surface area contributed by atoms with Gasteiger partial charge in [-0.1, -0.05) is 5.21 Å². The van der Waals surface area contributed by atoms with E-state index in [1.165, 1.54) is 11.8 Å². The van der Waals surface area contributed by atoms with Crippen LogP contribution in [-0.4, -0.2) is 46.6 Å². The second-order valence-electron chi connectivity index (χ2n) is 3.80. The number of methoxy groups -OCH3 is 1. The van der Waals surface area contributed by atoms with Crippen LogP contribution in [0.2, 0.25) is 0 Å². The fraction of sp³-hybridized carbons (Fsp3) is 0.500. The molecular formula is C10H16N6O4. The average Bonchev–Trinajstić information content (AvgIpc) is 2.78. The van der Waals surface area contributed by atoms with Gasteiger partial charge in [-0.3, -0.25) is 10.1 Å². The number of primary amides is 1. The SMILES string of the molecule is COC(=O)c1nnn(CCC(=O)NC(N)=O)c1CCN. The Labute approximate surface area is 114 Å². The lowest BCUT2D eigenvalue weighted by molar-refractivity contribution is -0.120. The van der Waals surface area contributed by atoms with Crippen molar-refractivity contribution in [2.45, 2.75) is 19.4 Å². The van der Waals surface area contributed by atoms with Crippen molar-refractivity contribution in [3.63, 3.8) is 0 Å². The first-order valence-corrected chi connectivity index (χ1v) is 5.79. The number of nitrogens with zero attached hydrogens (tertiary/aromatic N) is 3. The molecule has 0 unspecified atom stereocenters. The smallest absolute Gasteiger partial charge is 0.360 e. The summed E-state index contributed by atoms with van der Waals surface area (Å²) in [5, 5.41) is 9.40. The second kappa shape index (κ2) is 7.19.